The van der Waals surface area contributed by atoms with Crippen LogP contribution in [0.4, 0.5) is 4.39 Å². The Morgan fingerprint density at radius 1 is 1.30 bits per heavy atom. The summed E-state index contributed by atoms with van der Waals surface area (Å²) < 4.78 is 14.0. The maximum atomic E-state index is 14.0. The van der Waals surface area contributed by atoms with Crippen molar-refractivity contribution in [3.05, 3.63) is 35.1 Å². The van der Waals surface area contributed by atoms with Crippen molar-refractivity contribution in [2.45, 2.75) is 45.8 Å². The Kier molecular flexibility index (Phi) is 8.51. The first-order valence-corrected chi connectivity index (χ1v) is 10.1. The fraction of sp³-hybridized carbons (Fsp3) is 0.667. The van der Waals surface area contributed by atoms with Crippen molar-refractivity contribution < 1.29 is 4.39 Å². The first kappa shape index (κ1) is 21.6. The van der Waals surface area contributed by atoms with Crippen LogP contribution in [0, 0.1) is 5.82 Å². The van der Waals surface area contributed by atoms with Gasteiger partial charge in [0.25, 0.3) is 0 Å². The molecule has 1 unspecified atom stereocenters. The number of guanidine groups is 1. The number of benzene rings is 1. The van der Waals surface area contributed by atoms with Crippen LogP contribution in [0.15, 0.2) is 23.2 Å². The van der Waals surface area contributed by atoms with Gasteiger partial charge < -0.3 is 15.1 Å². The maximum Gasteiger partial charge on any atom is 0.194 e. The van der Waals surface area contributed by atoms with E-state index in [9.17, 15) is 4.39 Å². The molecule has 0 spiro atoms. The standard InChI is InChI=1S/C21H36FN5/c1-6-23-21(26(5)16-19-9-8-12-27(19)7-2)24-14-17-10-11-20(22)18(13-17)15-25(3)4/h10-11,13,19H,6-9,12,14-16H2,1-5H3,(H,23,24). The Balaban J connectivity index is 2.06. The number of aliphatic imine (C=N–C) groups is 1. The number of nitrogens with one attached hydrogen (secondary N) is 1. The summed E-state index contributed by atoms with van der Waals surface area (Å²) in [6.45, 7) is 9.59. The van der Waals surface area contributed by atoms with E-state index in [0.717, 1.165) is 36.7 Å². The van der Waals surface area contributed by atoms with Gasteiger partial charge >= 0.3 is 0 Å². The zero-order chi connectivity index (χ0) is 19.8. The van der Waals surface area contributed by atoms with Crippen molar-refractivity contribution in [1.82, 2.24) is 20.0 Å². The van der Waals surface area contributed by atoms with E-state index in [1.54, 1.807) is 6.07 Å². The number of nitrogens with zero attached hydrogens (tertiary/aromatic N) is 4. The van der Waals surface area contributed by atoms with Crippen molar-refractivity contribution in [2.24, 2.45) is 4.99 Å². The highest BCUT2D eigenvalue weighted by Crippen LogP contribution is 2.17. The van der Waals surface area contributed by atoms with Crippen LogP contribution >= 0.6 is 0 Å². The molecular weight excluding hydrogens is 341 g/mol. The smallest absolute Gasteiger partial charge is 0.194 e. The van der Waals surface area contributed by atoms with Gasteiger partial charge in [0.15, 0.2) is 5.96 Å². The van der Waals surface area contributed by atoms with Gasteiger partial charge in [0.05, 0.1) is 6.54 Å². The summed E-state index contributed by atoms with van der Waals surface area (Å²) in [4.78, 5) is 11.6. The molecule has 1 saturated heterocycles. The maximum absolute atomic E-state index is 14.0. The number of hydrogen-bond acceptors (Lipinski definition) is 3. The molecule has 1 aliphatic rings. The van der Waals surface area contributed by atoms with E-state index in [0.29, 0.717) is 19.1 Å². The molecule has 5 nitrogen and oxygen atoms in total. The molecule has 152 valence electrons. The van der Waals surface area contributed by atoms with Crippen LogP contribution in [0.1, 0.15) is 37.8 Å². The van der Waals surface area contributed by atoms with Crippen molar-refractivity contribution in [2.75, 3.05) is 47.3 Å². The molecule has 1 aromatic carbocycles. The van der Waals surface area contributed by atoms with E-state index in [1.807, 2.05) is 31.1 Å². The van der Waals surface area contributed by atoms with Crippen LogP contribution in [-0.4, -0.2) is 74.0 Å². The lowest BCUT2D eigenvalue weighted by Gasteiger charge is -2.29. The van der Waals surface area contributed by atoms with E-state index in [1.165, 1.54) is 19.4 Å². The molecule has 2 rings (SSSR count). The minimum atomic E-state index is -0.152. The fourth-order valence-corrected chi connectivity index (χ4v) is 3.74. The first-order chi connectivity index (χ1) is 12.9. The van der Waals surface area contributed by atoms with Gasteiger partial charge in [-0.1, -0.05) is 13.0 Å². The van der Waals surface area contributed by atoms with E-state index < -0.39 is 0 Å². The third-order valence-corrected chi connectivity index (χ3v) is 5.09. The van der Waals surface area contributed by atoms with Crippen molar-refractivity contribution in [3.8, 4) is 0 Å². The molecule has 0 bridgehead atoms. The molecule has 0 radical (unpaired) electrons. The average Bonchev–Trinajstić information content (AvgIpc) is 3.07. The highest BCUT2D eigenvalue weighted by molar-refractivity contribution is 5.79. The lowest BCUT2D eigenvalue weighted by molar-refractivity contribution is 0.232. The van der Waals surface area contributed by atoms with Gasteiger partial charge in [-0.3, -0.25) is 4.90 Å². The van der Waals surface area contributed by atoms with Gasteiger partial charge in [-0.05, 0) is 64.6 Å². The van der Waals surface area contributed by atoms with Crippen LogP contribution < -0.4 is 5.32 Å². The quantitative estimate of drug-likeness (QED) is 0.558. The number of hydrogen-bond donors (Lipinski definition) is 1. The van der Waals surface area contributed by atoms with E-state index in [2.05, 4.69) is 36.0 Å². The predicted octanol–water partition coefficient (Wildman–Crippen LogP) is 2.77. The van der Waals surface area contributed by atoms with Crippen LogP contribution in [0.3, 0.4) is 0 Å². The Bertz CT molecular complexity index is 617. The highest BCUT2D eigenvalue weighted by atomic mass is 19.1. The summed E-state index contributed by atoms with van der Waals surface area (Å²) in [6.07, 6.45) is 2.54. The summed E-state index contributed by atoms with van der Waals surface area (Å²) >= 11 is 0. The second kappa shape index (κ2) is 10.6. The normalized spacial score (nSPS) is 18.3. The summed E-state index contributed by atoms with van der Waals surface area (Å²) in [5.41, 5.74) is 1.75. The molecule has 1 heterocycles. The molecule has 0 aliphatic carbocycles. The lowest BCUT2D eigenvalue weighted by Crippen LogP contribution is -2.45. The summed E-state index contributed by atoms with van der Waals surface area (Å²) in [6, 6.07) is 5.91. The van der Waals surface area contributed by atoms with Crippen LogP contribution in [0.2, 0.25) is 0 Å². The summed E-state index contributed by atoms with van der Waals surface area (Å²) in [5, 5.41) is 3.39. The Morgan fingerprint density at radius 3 is 2.74 bits per heavy atom. The van der Waals surface area contributed by atoms with Gasteiger partial charge in [0, 0.05) is 38.3 Å². The third kappa shape index (κ3) is 6.47. The third-order valence-electron chi connectivity index (χ3n) is 5.09. The Morgan fingerprint density at radius 2 is 2.07 bits per heavy atom. The number of likely N-dealkylation sites (N-methyl/N-ethyl adjacent to an activating group) is 2. The minimum absolute atomic E-state index is 0.152. The molecular formula is C21H36FN5. The number of rotatable bonds is 8. The molecule has 1 aliphatic heterocycles. The Labute approximate surface area is 164 Å². The zero-order valence-electron chi connectivity index (χ0n) is 17.6. The van der Waals surface area contributed by atoms with E-state index in [4.69, 9.17) is 4.99 Å². The molecule has 0 amide bonds. The second-order valence-corrected chi connectivity index (χ2v) is 7.64. The van der Waals surface area contributed by atoms with Gasteiger partial charge in [0.2, 0.25) is 0 Å². The van der Waals surface area contributed by atoms with Gasteiger partial charge in [0.1, 0.15) is 5.82 Å². The zero-order valence-corrected chi connectivity index (χ0v) is 17.6. The first-order valence-electron chi connectivity index (χ1n) is 10.1. The summed E-state index contributed by atoms with van der Waals surface area (Å²) in [5.74, 6) is 0.764. The topological polar surface area (TPSA) is 34.1 Å². The van der Waals surface area contributed by atoms with Crippen LogP contribution in [0.5, 0.6) is 0 Å². The molecule has 0 saturated carbocycles. The summed E-state index contributed by atoms with van der Waals surface area (Å²) in [7, 11) is 6.01. The molecule has 0 aromatic heterocycles. The van der Waals surface area contributed by atoms with Gasteiger partial charge in [-0.15, -0.1) is 0 Å². The van der Waals surface area contributed by atoms with Gasteiger partial charge in [-0.25, -0.2) is 9.38 Å². The van der Waals surface area contributed by atoms with Gasteiger partial charge in [-0.2, -0.15) is 0 Å². The second-order valence-electron chi connectivity index (χ2n) is 7.64. The van der Waals surface area contributed by atoms with Crippen molar-refractivity contribution >= 4 is 5.96 Å². The molecule has 27 heavy (non-hydrogen) atoms. The largest absolute Gasteiger partial charge is 0.357 e. The van der Waals surface area contributed by atoms with Crippen molar-refractivity contribution in [1.29, 1.82) is 0 Å². The number of halogens is 1. The van der Waals surface area contributed by atoms with E-state index in [-0.39, 0.29) is 5.82 Å². The SMILES string of the molecule is CCNC(=NCc1ccc(F)c(CN(C)C)c1)N(C)CC1CCCN1CC. The van der Waals surface area contributed by atoms with Crippen LogP contribution in [-0.2, 0) is 13.1 Å². The molecule has 1 aromatic rings. The predicted molar refractivity (Wildman–Crippen MR) is 112 cm³/mol. The Hall–Kier alpha value is -1.66. The van der Waals surface area contributed by atoms with Crippen LogP contribution in [0.25, 0.3) is 0 Å². The molecule has 6 heteroatoms. The van der Waals surface area contributed by atoms with E-state index >= 15 is 0 Å². The molecule has 1 fully saturated rings. The molecule has 1 atom stereocenters. The van der Waals surface area contributed by atoms with Crippen molar-refractivity contribution in [3.63, 3.8) is 0 Å². The minimum Gasteiger partial charge on any atom is -0.357 e. The lowest BCUT2D eigenvalue weighted by atomic mass is 10.1. The highest BCUT2D eigenvalue weighted by Gasteiger charge is 2.24. The average molecular weight is 378 g/mol. The number of likely N-dealkylation sites (tertiary alicyclic amines) is 1. The fourth-order valence-electron chi connectivity index (χ4n) is 3.74. The molecule has 1 N–H and O–H groups in total. The monoisotopic (exact) mass is 377 g/mol.